The van der Waals surface area contributed by atoms with Gasteiger partial charge in [-0.2, -0.15) is 11.1 Å². The number of rotatable bonds is 2. The molecule has 0 spiro atoms. The molecule has 0 heterocycles. The summed E-state index contributed by atoms with van der Waals surface area (Å²) in [5.74, 6) is 1.16. The molecule has 0 saturated carbocycles. The molecule has 2 rings (SSSR count). The van der Waals surface area contributed by atoms with E-state index in [-0.39, 0.29) is 0 Å². The maximum absolute atomic E-state index is 6.74. The molecule has 0 N–H and O–H groups in total. The van der Waals surface area contributed by atoms with Crippen LogP contribution in [0.2, 0.25) is 18.6 Å². The highest BCUT2D eigenvalue weighted by Gasteiger charge is 2.39. The molecule has 0 radical (unpaired) electrons. The fraction of sp³-hybridized carbons (Fsp3) is 0.500. The van der Waals surface area contributed by atoms with Crippen LogP contribution in [0.25, 0.3) is 0 Å². The zero-order valence-corrected chi connectivity index (χ0v) is 13.8. The van der Waals surface area contributed by atoms with Gasteiger partial charge >= 0.3 is 0 Å². The summed E-state index contributed by atoms with van der Waals surface area (Å²) < 4.78 is 0. The topological polar surface area (TPSA) is 0 Å². The minimum atomic E-state index is -1.72. The Morgan fingerprint density at radius 3 is 2.39 bits per heavy atom. The van der Waals surface area contributed by atoms with Crippen LogP contribution >= 0.6 is 11.1 Å². The summed E-state index contributed by atoms with van der Waals surface area (Å²) in [6.07, 6.45) is 11.4. The Balaban J connectivity index is 2.50. The van der Waals surface area contributed by atoms with Gasteiger partial charge in [0.05, 0.1) is 0 Å². The molecule has 2 unspecified atom stereocenters. The lowest BCUT2D eigenvalue weighted by molar-refractivity contribution is 0.533. The van der Waals surface area contributed by atoms with Crippen molar-refractivity contribution in [2.24, 2.45) is 11.8 Å². The second-order valence-electron chi connectivity index (χ2n) is 6.31. The molecule has 0 aliphatic heterocycles. The Morgan fingerprint density at radius 1 is 1.17 bits per heavy atom. The number of hydrogen-bond donors (Lipinski definition) is 0. The maximum atomic E-state index is 6.74. The molecule has 98 valence electrons. The Labute approximate surface area is 117 Å². The van der Waals surface area contributed by atoms with Gasteiger partial charge in [0.15, 0.2) is 7.38 Å². The lowest BCUT2D eigenvalue weighted by atomic mass is 9.87. The standard InChI is InChI=1S/C16H23ClSi/c1-11(2)13-8-6-7-9-14-15(13)10-12(3)16(14)18(4,5)17/h6-11,13,16H,1-5H3. The quantitative estimate of drug-likeness (QED) is 0.465. The molecule has 2 atom stereocenters. The van der Waals surface area contributed by atoms with Gasteiger partial charge in [0.25, 0.3) is 0 Å². The van der Waals surface area contributed by atoms with Crippen LogP contribution in [0.3, 0.4) is 0 Å². The van der Waals surface area contributed by atoms with Gasteiger partial charge in [-0.25, -0.2) is 0 Å². The van der Waals surface area contributed by atoms with Crippen molar-refractivity contribution in [3.05, 3.63) is 47.1 Å². The summed E-state index contributed by atoms with van der Waals surface area (Å²) in [7, 11) is -1.72. The average molecular weight is 279 g/mol. The molecule has 0 bridgehead atoms. The fourth-order valence-electron chi connectivity index (χ4n) is 3.24. The van der Waals surface area contributed by atoms with Crippen LogP contribution in [0, 0.1) is 11.8 Å². The summed E-state index contributed by atoms with van der Waals surface area (Å²) >= 11 is 6.74. The van der Waals surface area contributed by atoms with E-state index in [0.717, 1.165) is 0 Å². The molecule has 2 aliphatic rings. The van der Waals surface area contributed by atoms with Crippen LogP contribution in [0.15, 0.2) is 47.1 Å². The van der Waals surface area contributed by atoms with Gasteiger partial charge in [-0.05, 0) is 24.0 Å². The summed E-state index contributed by atoms with van der Waals surface area (Å²) in [5.41, 5.74) is 4.91. The Kier molecular flexibility index (Phi) is 3.75. The molecule has 0 aromatic rings. The van der Waals surface area contributed by atoms with E-state index in [0.29, 0.717) is 17.4 Å². The van der Waals surface area contributed by atoms with Crippen molar-refractivity contribution in [2.75, 3.05) is 0 Å². The summed E-state index contributed by atoms with van der Waals surface area (Å²) in [6.45, 7) is 11.3. The predicted molar refractivity (Wildman–Crippen MR) is 84.5 cm³/mol. The van der Waals surface area contributed by atoms with Gasteiger partial charge in [0, 0.05) is 11.5 Å². The molecule has 0 aromatic carbocycles. The predicted octanol–water partition coefficient (Wildman–Crippen LogP) is 5.46. The van der Waals surface area contributed by atoms with E-state index in [4.69, 9.17) is 11.1 Å². The number of allylic oxidation sites excluding steroid dienone is 8. The molecular formula is C16H23ClSi. The SMILES string of the molecule is CC1=CC2=C(C=CC=CC2C(C)C)C1[Si](C)(C)Cl. The van der Waals surface area contributed by atoms with Crippen LogP contribution in [-0.4, -0.2) is 7.38 Å². The van der Waals surface area contributed by atoms with Gasteiger partial charge in [0.1, 0.15) is 0 Å². The van der Waals surface area contributed by atoms with Crippen LogP contribution in [0.5, 0.6) is 0 Å². The summed E-state index contributed by atoms with van der Waals surface area (Å²) in [5, 5.41) is 0. The number of halogens is 1. The van der Waals surface area contributed by atoms with Gasteiger partial charge in [0.2, 0.25) is 0 Å². The first-order chi connectivity index (χ1) is 8.32. The Hall–Kier alpha value is -0.533. The van der Waals surface area contributed by atoms with Crippen LogP contribution in [0.4, 0.5) is 0 Å². The summed E-state index contributed by atoms with van der Waals surface area (Å²) in [4.78, 5) is 0. The van der Waals surface area contributed by atoms with E-state index < -0.39 is 7.38 Å². The third kappa shape index (κ3) is 2.43. The Morgan fingerprint density at radius 2 is 1.83 bits per heavy atom. The van der Waals surface area contributed by atoms with Crippen LogP contribution in [0.1, 0.15) is 20.8 Å². The third-order valence-electron chi connectivity index (χ3n) is 3.95. The second kappa shape index (κ2) is 4.86. The molecule has 0 saturated heterocycles. The lowest BCUT2D eigenvalue weighted by Gasteiger charge is -2.26. The molecule has 0 fully saturated rings. The monoisotopic (exact) mass is 278 g/mol. The van der Waals surface area contributed by atoms with E-state index in [1.54, 1.807) is 0 Å². The van der Waals surface area contributed by atoms with E-state index >= 15 is 0 Å². The Bertz CT molecular complexity index is 458. The van der Waals surface area contributed by atoms with Crippen LogP contribution < -0.4 is 0 Å². The maximum Gasteiger partial charge on any atom is 0.161 e. The largest absolute Gasteiger partial charge is 0.167 e. The van der Waals surface area contributed by atoms with Gasteiger partial charge in [-0.1, -0.05) is 62.9 Å². The number of hydrogen-bond acceptors (Lipinski definition) is 0. The van der Waals surface area contributed by atoms with E-state index in [9.17, 15) is 0 Å². The van der Waals surface area contributed by atoms with Crippen molar-refractivity contribution < 1.29 is 0 Å². The van der Waals surface area contributed by atoms with Crippen molar-refractivity contribution >= 4 is 18.5 Å². The molecule has 0 nitrogen and oxygen atoms in total. The molecular weight excluding hydrogens is 256 g/mol. The first kappa shape index (κ1) is 13.9. The molecule has 2 aliphatic carbocycles. The minimum absolute atomic E-state index is 0.478. The first-order valence-electron chi connectivity index (χ1n) is 6.78. The summed E-state index contributed by atoms with van der Waals surface area (Å²) in [6, 6.07) is 0. The zero-order chi connectivity index (χ0) is 13.5. The minimum Gasteiger partial charge on any atom is -0.167 e. The van der Waals surface area contributed by atoms with Crippen molar-refractivity contribution in [3.8, 4) is 0 Å². The zero-order valence-electron chi connectivity index (χ0n) is 12.0. The fourth-order valence-corrected chi connectivity index (χ4v) is 6.28. The van der Waals surface area contributed by atoms with Gasteiger partial charge in [-0.15, -0.1) is 0 Å². The molecule has 18 heavy (non-hydrogen) atoms. The first-order valence-corrected chi connectivity index (χ1v) is 10.9. The third-order valence-corrected chi connectivity index (χ3v) is 6.75. The lowest BCUT2D eigenvalue weighted by Crippen LogP contribution is -2.26. The van der Waals surface area contributed by atoms with Crippen molar-refractivity contribution in [1.82, 2.24) is 0 Å². The van der Waals surface area contributed by atoms with Crippen molar-refractivity contribution in [1.29, 1.82) is 0 Å². The normalized spacial score (nSPS) is 27.6. The van der Waals surface area contributed by atoms with Gasteiger partial charge < -0.3 is 0 Å². The average Bonchev–Trinajstić information content (AvgIpc) is 2.41. The van der Waals surface area contributed by atoms with Crippen molar-refractivity contribution in [2.45, 2.75) is 39.4 Å². The highest BCUT2D eigenvalue weighted by molar-refractivity contribution is 7.20. The van der Waals surface area contributed by atoms with Crippen molar-refractivity contribution in [3.63, 3.8) is 0 Å². The smallest absolute Gasteiger partial charge is 0.161 e. The van der Waals surface area contributed by atoms with E-state index in [2.05, 4.69) is 64.2 Å². The van der Waals surface area contributed by atoms with E-state index in [1.165, 1.54) is 16.7 Å². The van der Waals surface area contributed by atoms with Gasteiger partial charge in [-0.3, -0.25) is 0 Å². The molecule has 0 amide bonds. The molecule has 0 aromatic heterocycles. The van der Waals surface area contributed by atoms with E-state index in [1.807, 2.05) is 0 Å². The highest BCUT2D eigenvalue weighted by Crippen LogP contribution is 2.49. The molecule has 2 heteroatoms. The highest BCUT2D eigenvalue weighted by atomic mass is 35.6. The van der Waals surface area contributed by atoms with Crippen LogP contribution in [-0.2, 0) is 0 Å². The second-order valence-corrected chi connectivity index (χ2v) is 12.9.